The Labute approximate surface area is 176 Å². The summed E-state index contributed by atoms with van der Waals surface area (Å²) in [4.78, 5) is 17.6. The average molecular weight is 403 g/mol. The van der Waals surface area contributed by atoms with Gasteiger partial charge in [-0.15, -0.1) is 0 Å². The molecule has 154 valence electrons. The van der Waals surface area contributed by atoms with Crippen LogP contribution in [-0.4, -0.2) is 56.7 Å². The molecule has 1 saturated heterocycles. The van der Waals surface area contributed by atoms with Crippen molar-refractivity contribution < 1.29 is 5.11 Å². The SMILES string of the molecule is OC1CN(c2cc(Nc3ccccn3)ncn2)CCC1N1CCc2ccccc2C1. The summed E-state index contributed by atoms with van der Waals surface area (Å²) in [5.74, 6) is 2.26. The van der Waals surface area contributed by atoms with E-state index in [1.54, 1.807) is 12.5 Å². The fraction of sp³-hybridized carbons (Fsp3) is 0.348. The minimum absolute atomic E-state index is 0.183. The Morgan fingerprint density at radius 2 is 1.80 bits per heavy atom. The highest BCUT2D eigenvalue weighted by Gasteiger charge is 2.34. The molecule has 0 spiro atoms. The van der Waals surface area contributed by atoms with Gasteiger partial charge in [-0.05, 0) is 36.1 Å². The smallest absolute Gasteiger partial charge is 0.137 e. The number of nitrogens with one attached hydrogen (secondary N) is 1. The maximum absolute atomic E-state index is 11.0. The molecule has 7 heteroatoms. The lowest BCUT2D eigenvalue weighted by Gasteiger charge is -2.43. The molecule has 2 unspecified atom stereocenters. The van der Waals surface area contributed by atoms with Crippen LogP contribution in [0.4, 0.5) is 17.5 Å². The zero-order valence-electron chi connectivity index (χ0n) is 16.9. The third-order valence-electron chi connectivity index (χ3n) is 6.07. The number of piperidine rings is 1. The number of benzene rings is 1. The van der Waals surface area contributed by atoms with Crippen LogP contribution < -0.4 is 10.2 Å². The quantitative estimate of drug-likeness (QED) is 0.695. The van der Waals surface area contributed by atoms with Crippen LogP contribution in [-0.2, 0) is 13.0 Å². The summed E-state index contributed by atoms with van der Waals surface area (Å²) in [6.45, 7) is 3.36. The van der Waals surface area contributed by atoms with E-state index in [2.05, 4.69) is 54.3 Å². The second-order valence-corrected chi connectivity index (χ2v) is 7.96. The Morgan fingerprint density at radius 3 is 2.63 bits per heavy atom. The largest absolute Gasteiger partial charge is 0.390 e. The first-order valence-corrected chi connectivity index (χ1v) is 10.5. The van der Waals surface area contributed by atoms with Crippen LogP contribution >= 0.6 is 0 Å². The number of nitrogens with zero attached hydrogens (tertiary/aromatic N) is 5. The lowest BCUT2D eigenvalue weighted by atomic mass is 9.94. The summed E-state index contributed by atoms with van der Waals surface area (Å²) in [5, 5.41) is 14.2. The Balaban J connectivity index is 1.25. The summed E-state index contributed by atoms with van der Waals surface area (Å²) in [5.41, 5.74) is 2.83. The van der Waals surface area contributed by atoms with Crippen molar-refractivity contribution in [2.45, 2.75) is 31.5 Å². The van der Waals surface area contributed by atoms with E-state index in [9.17, 15) is 5.11 Å². The first-order valence-electron chi connectivity index (χ1n) is 10.5. The molecule has 2 aliphatic rings. The predicted octanol–water partition coefficient (Wildman–Crippen LogP) is 2.61. The van der Waals surface area contributed by atoms with Crippen molar-refractivity contribution in [2.24, 2.45) is 0 Å². The van der Waals surface area contributed by atoms with E-state index >= 15 is 0 Å². The molecule has 0 radical (unpaired) electrons. The third-order valence-corrected chi connectivity index (χ3v) is 6.07. The topological polar surface area (TPSA) is 77.4 Å². The number of fused-ring (bicyclic) bond motifs is 1. The van der Waals surface area contributed by atoms with Crippen LogP contribution in [0.2, 0.25) is 0 Å². The summed E-state index contributed by atoms with van der Waals surface area (Å²) in [7, 11) is 0. The molecule has 1 fully saturated rings. The van der Waals surface area contributed by atoms with E-state index in [4.69, 9.17) is 0 Å². The van der Waals surface area contributed by atoms with Gasteiger partial charge in [0.25, 0.3) is 0 Å². The van der Waals surface area contributed by atoms with E-state index in [1.165, 1.54) is 11.1 Å². The van der Waals surface area contributed by atoms with Crippen molar-refractivity contribution in [1.29, 1.82) is 0 Å². The van der Waals surface area contributed by atoms with Crippen molar-refractivity contribution in [3.8, 4) is 0 Å². The summed E-state index contributed by atoms with van der Waals surface area (Å²) in [6, 6.07) is 16.4. The van der Waals surface area contributed by atoms with E-state index in [0.717, 1.165) is 44.1 Å². The lowest BCUT2D eigenvalue weighted by Crippen LogP contribution is -2.55. The Bertz CT molecular complexity index is 998. The maximum Gasteiger partial charge on any atom is 0.137 e. The van der Waals surface area contributed by atoms with Gasteiger partial charge in [0, 0.05) is 44.5 Å². The minimum Gasteiger partial charge on any atom is -0.390 e. The van der Waals surface area contributed by atoms with Gasteiger partial charge in [0.2, 0.25) is 0 Å². The number of anilines is 3. The molecule has 0 amide bonds. The van der Waals surface area contributed by atoms with Gasteiger partial charge in [-0.1, -0.05) is 30.3 Å². The number of β-amino-alcohol motifs (C(OH)–C–C–N with tert-alkyl or cyclic N) is 1. The number of aliphatic hydroxyl groups excluding tert-OH is 1. The molecule has 2 atom stereocenters. The van der Waals surface area contributed by atoms with Crippen LogP contribution in [0.15, 0.2) is 61.1 Å². The maximum atomic E-state index is 11.0. The Morgan fingerprint density at radius 1 is 0.933 bits per heavy atom. The van der Waals surface area contributed by atoms with Crippen molar-refractivity contribution in [3.63, 3.8) is 0 Å². The van der Waals surface area contributed by atoms with Gasteiger partial charge >= 0.3 is 0 Å². The van der Waals surface area contributed by atoms with Crippen LogP contribution in [0.1, 0.15) is 17.5 Å². The van der Waals surface area contributed by atoms with E-state index in [0.29, 0.717) is 12.4 Å². The monoisotopic (exact) mass is 402 g/mol. The van der Waals surface area contributed by atoms with Gasteiger partial charge in [-0.2, -0.15) is 0 Å². The summed E-state index contributed by atoms with van der Waals surface area (Å²) < 4.78 is 0. The molecule has 2 aliphatic heterocycles. The molecule has 1 aromatic carbocycles. The van der Waals surface area contributed by atoms with E-state index < -0.39 is 6.10 Å². The third kappa shape index (κ3) is 3.99. The van der Waals surface area contributed by atoms with Crippen molar-refractivity contribution >= 4 is 17.5 Å². The molecule has 30 heavy (non-hydrogen) atoms. The number of aliphatic hydroxyl groups is 1. The summed E-state index contributed by atoms with van der Waals surface area (Å²) >= 11 is 0. The standard InChI is InChI=1S/C23H26N6O/c30-20-15-29(23-13-22(25-16-26-23)27-21-7-3-4-10-24-21)12-9-19(20)28-11-8-17-5-1-2-6-18(17)14-28/h1-7,10,13,16,19-20,30H,8-9,11-12,14-15H2,(H,24,25,26,27). The molecule has 0 bridgehead atoms. The zero-order valence-corrected chi connectivity index (χ0v) is 16.9. The van der Waals surface area contributed by atoms with Crippen LogP contribution in [0.25, 0.3) is 0 Å². The van der Waals surface area contributed by atoms with Gasteiger partial charge in [0.1, 0.15) is 23.8 Å². The molecule has 0 saturated carbocycles. The minimum atomic E-state index is -0.411. The van der Waals surface area contributed by atoms with Gasteiger partial charge in [-0.25, -0.2) is 15.0 Å². The molecule has 5 rings (SSSR count). The number of hydrogen-bond donors (Lipinski definition) is 2. The molecule has 0 aliphatic carbocycles. The first-order chi connectivity index (χ1) is 14.8. The molecule has 3 aromatic rings. The molecule has 7 nitrogen and oxygen atoms in total. The van der Waals surface area contributed by atoms with Gasteiger partial charge < -0.3 is 15.3 Å². The number of hydrogen-bond acceptors (Lipinski definition) is 7. The highest BCUT2D eigenvalue weighted by Crippen LogP contribution is 2.27. The highest BCUT2D eigenvalue weighted by atomic mass is 16.3. The van der Waals surface area contributed by atoms with Crippen molar-refractivity contribution in [1.82, 2.24) is 19.9 Å². The van der Waals surface area contributed by atoms with Gasteiger partial charge in [0.15, 0.2) is 0 Å². The van der Waals surface area contributed by atoms with Crippen LogP contribution in [0.5, 0.6) is 0 Å². The predicted molar refractivity (Wildman–Crippen MR) is 117 cm³/mol. The van der Waals surface area contributed by atoms with E-state index in [-0.39, 0.29) is 6.04 Å². The van der Waals surface area contributed by atoms with Crippen molar-refractivity contribution in [2.75, 3.05) is 29.9 Å². The molecule has 2 N–H and O–H groups in total. The van der Waals surface area contributed by atoms with Crippen LogP contribution in [0, 0.1) is 0 Å². The van der Waals surface area contributed by atoms with Crippen LogP contribution in [0.3, 0.4) is 0 Å². The number of pyridine rings is 1. The fourth-order valence-corrected chi connectivity index (χ4v) is 4.51. The Kier molecular flexibility index (Phi) is 5.29. The zero-order chi connectivity index (χ0) is 20.3. The molecule has 4 heterocycles. The highest BCUT2D eigenvalue weighted by molar-refractivity contribution is 5.56. The molecular weight excluding hydrogens is 376 g/mol. The first kappa shape index (κ1) is 19.0. The molecule has 2 aromatic heterocycles. The number of aromatic nitrogens is 3. The number of rotatable bonds is 4. The lowest BCUT2D eigenvalue weighted by molar-refractivity contribution is 0.0293. The Hall–Kier alpha value is -3.03. The van der Waals surface area contributed by atoms with Crippen molar-refractivity contribution in [3.05, 3.63) is 72.2 Å². The second kappa shape index (κ2) is 8.38. The summed E-state index contributed by atoms with van der Waals surface area (Å²) in [6.07, 6.45) is 4.85. The van der Waals surface area contributed by atoms with E-state index in [1.807, 2.05) is 24.3 Å². The normalized spacial score (nSPS) is 21.8. The second-order valence-electron chi connectivity index (χ2n) is 7.96. The van der Waals surface area contributed by atoms with Gasteiger partial charge in [-0.3, -0.25) is 4.90 Å². The fourth-order valence-electron chi connectivity index (χ4n) is 4.51. The van der Waals surface area contributed by atoms with Gasteiger partial charge in [0.05, 0.1) is 6.10 Å². The molecular formula is C23H26N6O. The average Bonchev–Trinajstić information content (AvgIpc) is 2.79.